The van der Waals surface area contributed by atoms with Gasteiger partial charge in [-0.25, -0.2) is 4.79 Å². The largest absolute Gasteiger partial charge is 0.479 e. The summed E-state index contributed by atoms with van der Waals surface area (Å²) < 4.78 is 6.68. The fraction of sp³-hybridized carbons (Fsp3) is 0.214. The summed E-state index contributed by atoms with van der Waals surface area (Å²) >= 11 is 3.83. The molecule has 0 saturated carbocycles. The smallest absolute Gasteiger partial charge is 0.334 e. The highest BCUT2D eigenvalue weighted by Crippen LogP contribution is 2.24. The van der Waals surface area contributed by atoms with Crippen LogP contribution in [0, 0.1) is 3.57 Å². The number of thioether (sulfide) groups is 1. The molecule has 0 fully saturated rings. The number of benzene rings is 1. The van der Waals surface area contributed by atoms with Gasteiger partial charge in [-0.15, -0.1) is 0 Å². The van der Waals surface area contributed by atoms with Crippen LogP contribution in [0.5, 0.6) is 0 Å². The van der Waals surface area contributed by atoms with Gasteiger partial charge < -0.3 is 14.8 Å². The van der Waals surface area contributed by atoms with Crippen LogP contribution in [0.1, 0.15) is 17.6 Å². The molecule has 4 nitrogen and oxygen atoms in total. The molecule has 0 aliphatic rings. The van der Waals surface area contributed by atoms with Gasteiger partial charge in [0, 0.05) is 9.26 Å². The first-order valence-electron chi connectivity index (χ1n) is 5.92. The van der Waals surface area contributed by atoms with E-state index in [1.165, 1.54) is 0 Å². The fourth-order valence-electron chi connectivity index (χ4n) is 1.74. The number of carboxylic acids is 1. The monoisotopic (exact) mass is 403 g/mol. The number of furan rings is 1. The Balaban J connectivity index is 2.17. The molecule has 1 atom stereocenters. The van der Waals surface area contributed by atoms with Gasteiger partial charge in [0.25, 0.3) is 0 Å². The van der Waals surface area contributed by atoms with Gasteiger partial charge in [0.1, 0.15) is 11.5 Å². The Bertz CT molecular complexity index is 582. The van der Waals surface area contributed by atoms with E-state index in [0.29, 0.717) is 5.76 Å². The second-order valence-corrected chi connectivity index (χ2v) is 6.27. The molecule has 106 valence electrons. The summed E-state index contributed by atoms with van der Waals surface area (Å²) in [4.78, 5) is 11.4. The van der Waals surface area contributed by atoms with Crippen molar-refractivity contribution in [1.82, 2.24) is 0 Å². The molecule has 2 aromatic rings. The van der Waals surface area contributed by atoms with Crippen molar-refractivity contribution >= 4 is 46.0 Å². The maximum atomic E-state index is 11.4. The summed E-state index contributed by atoms with van der Waals surface area (Å²) in [5.74, 6) is 0.965. The second-order valence-electron chi connectivity index (χ2n) is 4.16. The van der Waals surface area contributed by atoms with Gasteiger partial charge in [-0.2, -0.15) is 11.8 Å². The summed E-state index contributed by atoms with van der Waals surface area (Å²) in [6, 6.07) is 10.2. The average Bonchev–Trinajstić information content (AvgIpc) is 2.86. The molecular weight excluding hydrogens is 389 g/mol. The van der Waals surface area contributed by atoms with Gasteiger partial charge >= 0.3 is 5.97 Å². The Morgan fingerprint density at radius 3 is 2.65 bits per heavy atom. The van der Waals surface area contributed by atoms with Crippen LogP contribution in [-0.2, 0) is 10.5 Å². The van der Waals surface area contributed by atoms with E-state index < -0.39 is 12.0 Å². The van der Waals surface area contributed by atoms with Gasteiger partial charge in [0.05, 0.1) is 5.75 Å². The van der Waals surface area contributed by atoms with E-state index in [1.807, 2.05) is 36.6 Å². The summed E-state index contributed by atoms with van der Waals surface area (Å²) in [7, 11) is 0. The minimum atomic E-state index is -0.964. The van der Waals surface area contributed by atoms with E-state index in [9.17, 15) is 9.90 Å². The van der Waals surface area contributed by atoms with Gasteiger partial charge in [0.2, 0.25) is 0 Å². The molecule has 1 aromatic heterocycles. The van der Waals surface area contributed by atoms with Crippen LogP contribution >= 0.6 is 34.4 Å². The third kappa shape index (κ3) is 3.92. The van der Waals surface area contributed by atoms with Gasteiger partial charge in [-0.05, 0) is 65.2 Å². The number of carboxylic acid groups (broad SMARTS) is 1. The molecule has 2 N–H and O–H groups in total. The average molecular weight is 403 g/mol. The molecule has 0 aliphatic heterocycles. The van der Waals surface area contributed by atoms with Crippen LogP contribution in [-0.4, -0.2) is 17.3 Å². The van der Waals surface area contributed by atoms with Gasteiger partial charge in [-0.3, -0.25) is 0 Å². The molecular formula is C14H14INO3S. The number of aliphatic carboxylic acids is 1. The van der Waals surface area contributed by atoms with Crippen molar-refractivity contribution in [3.8, 4) is 0 Å². The van der Waals surface area contributed by atoms with Crippen LogP contribution in [0.3, 0.4) is 0 Å². The zero-order valence-electron chi connectivity index (χ0n) is 10.8. The molecule has 0 radical (unpaired) electrons. The van der Waals surface area contributed by atoms with E-state index in [4.69, 9.17) is 4.42 Å². The van der Waals surface area contributed by atoms with Crippen molar-refractivity contribution in [3.63, 3.8) is 0 Å². The highest BCUT2D eigenvalue weighted by molar-refractivity contribution is 14.1. The third-order valence-corrected chi connectivity index (χ3v) is 3.95. The lowest BCUT2D eigenvalue weighted by molar-refractivity contribution is -0.138. The number of rotatable bonds is 6. The van der Waals surface area contributed by atoms with Crippen molar-refractivity contribution in [2.24, 2.45) is 0 Å². The summed E-state index contributed by atoms with van der Waals surface area (Å²) in [5, 5.41) is 12.3. The number of nitrogens with one attached hydrogen (secondary N) is 1. The quantitative estimate of drug-likeness (QED) is 0.715. The summed E-state index contributed by atoms with van der Waals surface area (Å²) in [5.41, 5.74) is 0.751. The minimum absolute atomic E-state index is 0.417. The van der Waals surface area contributed by atoms with Crippen LogP contribution in [0.2, 0.25) is 0 Å². The Morgan fingerprint density at radius 2 is 2.05 bits per heavy atom. The Kier molecular flexibility index (Phi) is 5.36. The number of halogens is 1. The highest BCUT2D eigenvalue weighted by Gasteiger charge is 2.23. The van der Waals surface area contributed by atoms with Crippen molar-refractivity contribution in [2.75, 3.05) is 11.6 Å². The fourth-order valence-corrected chi connectivity index (χ4v) is 2.54. The lowest BCUT2D eigenvalue weighted by Gasteiger charge is -2.13. The molecule has 0 saturated heterocycles. The van der Waals surface area contributed by atoms with Crippen LogP contribution in [0.25, 0.3) is 0 Å². The molecule has 1 unspecified atom stereocenters. The number of hydrogen-bond acceptors (Lipinski definition) is 4. The van der Waals surface area contributed by atoms with Crippen LogP contribution < -0.4 is 5.32 Å². The molecule has 6 heteroatoms. The molecule has 0 spiro atoms. The highest BCUT2D eigenvalue weighted by atomic mass is 127. The van der Waals surface area contributed by atoms with Crippen molar-refractivity contribution in [1.29, 1.82) is 0 Å². The van der Waals surface area contributed by atoms with Crippen molar-refractivity contribution < 1.29 is 14.3 Å². The molecule has 20 heavy (non-hydrogen) atoms. The Morgan fingerprint density at radius 1 is 1.35 bits per heavy atom. The van der Waals surface area contributed by atoms with Crippen molar-refractivity contribution in [3.05, 3.63) is 51.5 Å². The lowest BCUT2D eigenvalue weighted by atomic mass is 10.2. The van der Waals surface area contributed by atoms with Crippen molar-refractivity contribution in [2.45, 2.75) is 11.8 Å². The Labute approximate surface area is 135 Å². The first-order valence-corrected chi connectivity index (χ1v) is 8.40. The SMILES string of the molecule is CSCc1ccc(C(Nc2ccc(I)cc2)C(=O)O)o1. The first-order chi connectivity index (χ1) is 9.60. The van der Waals surface area contributed by atoms with Crippen LogP contribution in [0.4, 0.5) is 5.69 Å². The second kappa shape index (κ2) is 7.03. The third-order valence-electron chi connectivity index (χ3n) is 2.66. The van der Waals surface area contributed by atoms with E-state index in [2.05, 4.69) is 27.9 Å². The zero-order valence-corrected chi connectivity index (χ0v) is 13.8. The topological polar surface area (TPSA) is 62.5 Å². The molecule has 1 heterocycles. The molecule has 0 aliphatic carbocycles. The summed E-state index contributed by atoms with van der Waals surface area (Å²) in [6.45, 7) is 0. The molecule has 0 amide bonds. The number of anilines is 1. The normalized spacial score (nSPS) is 12.1. The van der Waals surface area contributed by atoms with Gasteiger partial charge in [-0.1, -0.05) is 0 Å². The Hall–Kier alpha value is -1.15. The van der Waals surface area contributed by atoms with E-state index in [0.717, 1.165) is 20.8 Å². The molecule has 0 bridgehead atoms. The maximum Gasteiger partial charge on any atom is 0.334 e. The zero-order chi connectivity index (χ0) is 14.5. The standard InChI is InChI=1S/C14H14INO3S/c1-20-8-11-6-7-12(19-11)13(14(17)18)16-10-4-2-9(15)3-5-10/h2-7,13,16H,8H2,1H3,(H,17,18). The van der Waals surface area contributed by atoms with E-state index in [1.54, 1.807) is 17.8 Å². The number of carbonyl (C=O) groups is 1. The van der Waals surface area contributed by atoms with E-state index in [-0.39, 0.29) is 0 Å². The molecule has 1 aromatic carbocycles. The first kappa shape index (κ1) is 15.2. The minimum Gasteiger partial charge on any atom is -0.479 e. The predicted octanol–water partition coefficient (Wildman–Crippen LogP) is 3.99. The van der Waals surface area contributed by atoms with E-state index >= 15 is 0 Å². The number of hydrogen-bond donors (Lipinski definition) is 2. The predicted molar refractivity (Wildman–Crippen MR) is 89.1 cm³/mol. The lowest BCUT2D eigenvalue weighted by Crippen LogP contribution is -2.19. The maximum absolute atomic E-state index is 11.4. The van der Waals surface area contributed by atoms with Crippen LogP contribution in [0.15, 0.2) is 40.8 Å². The van der Waals surface area contributed by atoms with Gasteiger partial charge in [0.15, 0.2) is 6.04 Å². The molecule has 2 rings (SSSR count). The summed E-state index contributed by atoms with van der Waals surface area (Å²) in [6.07, 6.45) is 1.97.